The van der Waals surface area contributed by atoms with Crippen molar-refractivity contribution in [2.75, 3.05) is 7.11 Å². The largest absolute Gasteiger partial charge is 0.493 e. The highest BCUT2D eigenvalue weighted by Crippen LogP contribution is 2.34. The van der Waals surface area contributed by atoms with Crippen molar-refractivity contribution in [1.82, 2.24) is 9.66 Å². The summed E-state index contributed by atoms with van der Waals surface area (Å²) in [6, 6.07) is 26.1. The molecule has 0 N–H and O–H groups in total. The molecule has 6 rings (SSSR count). The molecule has 2 heterocycles. The molecule has 2 aromatic heterocycles. The van der Waals surface area contributed by atoms with Gasteiger partial charge in [-0.1, -0.05) is 42.5 Å². The summed E-state index contributed by atoms with van der Waals surface area (Å²) in [5.41, 5.74) is 2.34. The van der Waals surface area contributed by atoms with Crippen LogP contribution in [0.1, 0.15) is 11.1 Å². The van der Waals surface area contributed by atoms with E-state index < -0.39 is 0 Å². The molecular weight excluding hydrogens is 577 g/mol. The van der Waals surface area contributed by atoms with Gasteiger partial charge in [-0.3, -0.25) is 4.79 Å². The number of hydrogen-bond acceptors (Lipinski definition) is 6. The van der Waals surface area contributed by atoms with Crippen molar-refractivity contribution in [2.24, 2.45) is 5.10 Å². The van der Waals surface area contributed by atoms with Crippen LogP contribution in [0.3, 0.4) is 0 Å². The number of para-hydroxylation sites is 2. The van der Waals surface area contributed by atoms with Gasteiger partial charge in [0.1, 0.15) is 18.0 Å². The molecule has 0 atom stereocenters. The zero-order chi connectivity index (χ0) is 27.6. The van der Waals surface area contributed by atoms with Gasteiger partial charge < -0.3 is 13.9 Å². The van der Waals surface area contributed by atoms with Gasteiger partial charge in [-0.15, -0.1) is 0 Å². The van der Waals surface area contributed by atoms with Crippen molar-refractivity contribution < 1.29 is 18.3 Å². The Kier molecular flexibility index (Phi) is 6.88. The first kappa shape index (κ1) is 25.5. The maximum Gasteiger partial charge on any atom is 0.282 e. The van der Waals surface area contributed by atoms with E-state index in [2.05, 4.69) is 21.0 Å². The third kappa shape index (κ3) is 4.99. The normalized spacial score (nSPS) is 11.5. The molecule has 7 nitrogen and oxygen atoms in total. The second-order valence-corrected chi connectivity index (χ2v) is 9.76. The minimum atomic E-state index is -0.334. The molecule has 0 saturated heterocycles. The molecule has 40 heavy (non-hydrogen) atoms. The monoisotopic (exact) mass is 597 g/mol. The van der Waals surface area contributed by atoms with E-state index in [0.717, 1.165) is 10.9 Å². The molecule has 0 aliphatic heterocycles. The van der Waals surface area contributed by atoms with Crippen molar-refractivity contribution in [2.45, 2.75) is 6.61 Å². The summed E-state index contributed by atoms with van der Waals surface area (Å²) < 4.78 is 32.6. The number of nitrogens with zero attached hydrogens (tertiary/aromatic N) is 3. The predicted molar refractivity (Wildman–Crippen MR) is 156 cm³/mol. The molecule has 9 heteroatoms. The Morgan fingerprint density at radius 1 is 1.00 bits per heavy atom. The number of ether oxygens (including phenoxy) is 2. The van der Waals surface area contributed by atoms with Crippen LogP contribution in [0.15, 0.2) is 110 Å². The Morgan fingerprint density at radius 3 is 2.58 bits per heavy atom. The van der Waals surface area contributed by atoms with Crippen LogP contribution in [0.2, 0.25) is 0 Å². The average molecular weight is 598 g/mol. The van der Waals surface area contributed by atoms with Crippen LogP contribution >= 0.6 is 15.9 Å². The Bertz CT molecular complexity index is 1910. The number of fused-ring (bicyclic) bond motifs is 2. The lowest BCUT2D eigenvalue weighted by molar-refractivity contribution is 0.284. The first-order chi connectivity index (χ1) is 19.5. The molecule has 0 radical (unpaired) electrons. The summed E-state index contributed by atoms with van der Waals surface area (Å²) in [5.74, 6) is 1.34. The van der Waals surface area contributed by atoms with Crippen molar-refractivity contribution in [3.63, 3.8) is 0 Å². The molecule has 0 bridgehead atoms. The van der Waals surface area contributed by atoms with Gasteiger partial charge in [0.05, 0.1) is 24.2 Å². The molecular formula is C31H21BrFN3O4. The van der Waals surface area contributed by atoms with E-state index >= 15 is 0 Å². The molecule has 0 saturated carbocycles. The summed E-state index contributed by atoms with van der Waals surface area (Å²) in [4.78, 5) is 18.3. The molecule has 0 unspecified atom stereocenters. The standard InChI is InChI=1S/C31H21BrFN3O4/c1-38-27-15-21(24(32)16-28(27)39-18-19-10-12-22(33)13-11-19)17-34-36-30(29-14-20-6-2-5-9-26(20)40-29)35-25-8-4-3-7-23(25)31(36)37/h2-17H,18H2,1H3. The lowest BCUT2D eigenvalue weighted by Crippen LogP contribution is -2.20. The predicted octanol–water partition coefficient (Wildman–Crippen LogP) is 7.18. The van der Waals surface area contributed by atoms with Crippen molar-refractivity contribution in [1.29, 1.82) is 0 Å². The quantitative estimate of drug-likeness (QED) is 0.182. The van der Waals surface area contributed by atoms with Gasteiger partial charge in [-0.05, 0) is 70.0 Å². The third-order valence-electron chi connectivity index (χ3n) is 6.30. The highest BCUT2D eigenvalue weighted by Gasteiger charge is 2.17. The van der Waals surface area contributed by atoms with Crippen molar-refractivity contribution in [3.8, 4) is 23.1 Å². The highest BCUT2D eigenvalue weighted by molar-refractivity contribution is 9.10. The van der Waals surface area contributed by atoms with Crippen LogP contribution in [-0.2, 0) is 6.61 Å². The zero-order valence-corrected chi connectivity index (χ0v) is 22.8. The molecule has 6 aromatic rings. The minimum Gasteiger partial charge on any atom is -0.493 e. The first-order valence-electron chi connectivity index (χ1n) is 12.3. The summed E-state index contributed by atoms with van der Waals surface area (Å²) in [6.07, 6.45) is 1.54. The second kappa shape index (κ2) is 10.8. The van der Waals surface area contributed by atoms with Crippen molar-refractivity contribution in [3.05, 3.63) is 123 Å². The third-order valence-corrected chi connectivity index (χ3v) is 6.99. The van der Waals surface area contributed by atoms with Gasteiger partial charge in [0.2, 0.25) is 5.82 Å². The number of furan rings is 1. The topological polar surface area (TPSA) is 78.9 Å². The lowest BCUT2D eigenvalue weighted by Gasteiger charge is -2.13. The number of methoxy groups -OCH3 is 1. The van der Waals surface area contributed by atoms with E-state index in [1.807, 2.05) is 36.4 Å². The molecule has 0 aliphatic carbocycles. The number of rotatable bonds is 7. The summed E-state index contributed by atoms with van der Waals surface area (Å²) >= 11 is 3.57. The Balaban J connectivity index is 1.39. The average Bonchev–Trinajstić information content (AvgIpc) is 3.41. The van der Waals surface area contributed by atoms with Crippen LogP contribution in [0, 0.1) is 5.82 Å². The summed E-state index contributed by atoms with van der Waals surface area (Å²) in [5, 5.41) is 5.85. The number of halogens is 2. The Labute approximate surface area is 236 Å². The van der Waals surface area contributed by atoms with Crippen molar-refractivity contribution >= 4 is 44.0 Å². The minimum absolute atomic E-state index is 0.232. The fraction of sp³-hybridized carbons (Fsp3) is 0.0645. The molecule has 0 aliphatic rings. The Hall–Kier alpha value is -4.76. The zero-order valence-electron chi connectivity index (χ0n) is 21.2. The molecule has 0 fully saturated rings. The van der Waals surface area contributed by atoms with Crippen LogP contribution < -0.4 is 15.0 Å². The fourth-order valence-electron chi connectivity index (χ4n) is 4.27. The van der Waals surface area contributed by atoms with E-state index in [0.29, 0.717) is 43.8 Å². The molecule has 4 aromatic carbocycles. The Morgan fingerprint density at radius 2 is 1.77 bits per heavy atom. The van der Waals surface area contributed by atoms with Crippen LogP contribution in [0.5, 0.6) is 11.5 Å². The van der Waals surface area contributed by atoms with E-state index in [9.17, 15) is 9.18 Å². The lowest BCUT2D eigenvalue weighted by atomic mass is 10.2. The number of benzene rings is 4. The van der Waals surface area contributed by atoms with Gasteiger partial charge in [0, 0.05) is 15.4 Å². The number of hydrogen-bond donors (Lipinski definition) is 0. The van der Waals surface area contributed by atoms with Crippen LogP contribution in [-0.4, -0.2) is 23.0 Å². The number of aromatic nitrogens is 2. The van der Waals surface area contributed by atoms with Gasteiger partial charge >= 0.3 is 0 Å². The van der Waals surface area contributed by atoms with E-state index in [1.54, 1.807) is 48.7 Å². The molecule has 198 valence electrons. The summed E-state index contributed by atoms with van der Waals surface area (Å²) in [6.45, 7) is 0.232. The second-order valence-electron chi connectivity index (χ2n) is 8.90. The first-order valence-corrected chi connectivity index (χ1v) is 13.1. The van der Waals surface area contributed by atoms with Crippen LogP contribution in [0.25, 0.3) is 33.5 Å². The maximum atomic E-state index is 13.5. The van der Waals surface area contributed by atoms with E-state index in [4.69, 9.17) is 18.9 Å². The van der Waals surface area contributed by atoms with Gasteiger partial charge in [0.25, 0.3) is 5.56 Å². The smallest absolute Gasteiger partial charge is 0.282 e. The van der Waals surface area contributed by atoms with Gasteiger partial charge in [0.15, 0.2) is 17.3 Å². The fourth-order valence-corrected chi connectivity index (χ4v) is 4.69. The summed E-state index contributed by atoms with van der Waals surface area (Å²) in [7, 11) is 1.53. The van der Waals surface area contributed by atoms with Gasteiger partial charge in [-0.2, -0.15) is 9.78 Å². The highest BCUT2D eigenvalue weighted by atomic mass is 79.9. The molecule has 0 amide bonds. The molecule has 0 spiro atoms. The maximum absolute atomic E-state index is 13.5. The SMILES string of the molecule is COc1cc(C=Nn2c(-c3cc4ccccc4o3)nc3ccccc3c2=O)c(Br)cc1OCc1ccc(F)cc1. The van der Waals surface area contributed by atoms with Gasteiger partial charge in [-0.25, -0.2) is 9.37 Å². The van der Waals surface area contributed by atoms with E-state index in [1.165, 1.54) is 23.9 Å². The van der Waals surface area contributed by atoms with E-state index in [-0.39, 0.29) is 23.8 Å². The van der Waals surface area contributed by atoms with Crippen LogP contribution in [0.4, 0.5) is 4.39 Å².